The van der Waals surface area contributed by atoms with Crippen LogP contribution in [-0.2, 0) is 4.74 Å². The number of carbonyl (C=O) groups is 1. The second-order valence-electron chi connectivity index (χ2n) is 16.3. The molecule has 3 unspecified atom stereocenters. The highest BCUT2D eigenvalue weighted by atomic mass is 32.1. The molecule has 2 aromatic carbocycles. The van der Waals surface area contributed by atoms with Crippen LogP contribution in [0.5, 0.6) is 5.75 Å². The van der Waals surface area contributed by atoms with Crippen molar-refractivity contribution < 1.29 is 18.7 Å². The topological polar surface area (TPSA) is 104 Å². The molecule has 6 aromatic rings. The van der Waals surface area contributed by atoms with Crippen LogP contribution >= 0.6 is 11.3 Å². The molecule has 1 aliphatic carbocycles. The molecule has 54 heavy (non-hydrogen) atoms. The second-order valence-corrected chi connectivity index (χ2v) is 17.5. The van der Waals surface area contributed by atoms with E-state index >= 15 is 4.39 Å². The number of ether oxygens (including phenoxy) is 2. The quantitative estimate of drug-likeness (QED) is 0.176. The fourth-order valence-electron chi connectivity index (χ4n) is 8.53. The van der Waals surface area contributed by atoms with Crippen molar-refractivity contribution in [3.63, 3.8) is 0 Å². The van der Waals surface area contributed by atoms with Crippen LogP contribution in [0.1, 0.15) is 105 Å². The fraction of sp³-hybridized carbons (Fsp3) is 0.405. The lowest BCUT2D eigenvalue weighted by Crippen LogP contribution is -2.36. The summed E-state index contributed by atoms with van der Waals surface area (Å²) in [6.07, 6.45) is 9.16. The fourth-order valence-corrected chi connectivity index (χ4v) is 9.73. The number of aromatic nitrogens is 5. The predicted molar refractivity (Wildman–Crippen MR) is 207 cm³/mol. The Labute approximate surface area is 317 Å². The summed E-state index contributed by atoms with van der Waals surface area (Å²) in [7, 11) is 2.15. The first-order valence-electron chi connectivity index (χ1n) is 19.1. The van der Waals surface area contributed by atoms with Crippen molar-refractivity contribution in [3.05, 3.63) is 88.1 Å². The van der Waals surface area contributed by atoms with Gasteiger partial charge in [0.2, 0.25) is 6.23 Å². The summed E-state index contributed by atoms with van der Waals surface area (Å²) < 4.78 is 31.3. The van der Waals surface area contributed by atoms with E-state index in [0.29, 0.717) is 46.9 Å². The summed E-state index contributed by atoms with van der Waals surface area (Å²) in [6.45, 7) is 7.28. The number of halogens is 1. The molecule has 1 amide bonds. The van der Waals surface area contributed by atoms with Gasteiger partial charge in [-0.25, -0.2) is 19.2 Å². The lowest BCUT2D eigenvalue weighted by molar-refractivity contribution is 0.0218. The monoisotopic (exact) mass is 745 g/mol. The van der Waals surface area contributed by atoms with Crippen LogP contribution in [0.25, 0.3) is 44.7 Å². The number of carbonyl (C=O) groups excluding carboxylic acids is 1. The van der Waals surface area contributed by atoms with Crippen LogP contribution in [-0.4, -0.2) is 66.1 Å². The van der Waals surface area contributed by atoms with Gasteiger partial charge in [0.05, 0.1) is 57.5 Å². The number of thiophene rings is 1. The van der Waals surface area contributed by atoms with E-state index in [2.05, 4.69) is 67.9 Å². The maximum absolute atomic E-state index is 16.6. The molecule has 3 fully saturated rings. The highest BCUT2D eigenvalue weighted by Crippen LogP contribution is 2.50. The predicted octanol–water partition coefficient (Wildman–Crippen LogP) is 9.94. The average molecular weight is 746 g/mol. The number of aromatic amines is 2. The standard InChI is InChI=1S/C42H44FN7O3S/c1-42(2,3)53-41(51)49-16-6-8-32(49)39-45-22-29(47-39)25-18-27(43)37-33-19-26-17-24(28-21-44-38(46-28)31-7-5-15-48(31)4)11-12-30(26)50(33)40(52-34(37)20-25)36-14-13-35(54-36)23-9-10-23/h11-14,17-23,31-32,40H,5-10,15-16H2,1-4H3,(H,44,46)(H,45,47). The van der Waals surface area contributed by atoms with Crippen LogP contribution in [0.4, 0.5) is 9.18 Å². The van der Waals surface area contributed by atoms with Crippen molar-refractivity contribution in [2.45, 2.75) is 89.1 Å². The highest BCUT2D eigenvalue weighted by molar-refractivity contribution is 7.12. The summed E-state index contributed by atoms with van der Waals surface area (Å²) >= 11 is 1.79. The molecular formula is C42H44FN7O3S. The van der Waals surface area contributed by atoms with E-state index < -0.39 is 11.8 Å². The van der Waals surface area contributed by atoms with E-state index in [1.807, 2.05) is 33.0 Å². The van der Waals surface area contributed by atoms with Crippen LogP contribution in [0, 0.1) is 5.82 Å². The molecule has 1 saturated carbocycles. The number of rotatable bonds is 6. The average Bonchev–Trinajstić information content (AvgIpc) is 3.82. The Bertz CT molecular complexity index is 2410. The minimum Gasteiger partial charge on any atom is -0.464 e. The van der Waals surface area contributed by atoms with Gasteiger partial charge in [0.25, 0.3) is 0 Å². The Morgan fingerprint density at radius 1 is 0.889 bits per heavy atom. The molecule has 7 heterocycles. The zero-order chi connectivity index (χ0) is 36.9. The number of likely N-dealkylation sites (tertiary alicyclic amines) is 2. The van der Waals surface area contributed by atoms with Gasteiger partial charge in [0.1, 0.15) is 28.8 Å². The first-order valence-corrected chi connectivity index (χ1v) is 20.0. The number of fused-ring (bicyclic) bond motifs is 5. The molecule has 3 atom stereocenters. The van der Waals surface area contributed by atoms with E-state index in [0.717, 1.165) is 64.4 Å². The molecule has 2 saturated heterocycles. The van der Waals surface area contributed by atoms with Crippen molar-refractivity contribution in [2.24, 2.45) is 0 Å². The van der Waals surface area contributed by atoms with E-state index in [1.54, 1.807) is 28.5 Å². The summed E-state index contributed by atoms with van der Waals surface area (Å²) in [5, 5.41) is 1.00. The van der Waals surface area contributed by atoms with Crippen LogP contribution in [0.15, 0.2) is 60.9 Å². The molecule has 12 heteroatoms. The molecule has 278 valence electrons. The number of H-pyrrole nitrogens is 2. The molecule has 4 aromatic heterocycles. The Hall–Kier alpha value is -4.94. The van der Waals surface area contributed by atoms with Crippen molar-refractivity contribution in [1.82, 2.24) is 34.3 Å². The molecule has 10 nitrogen and oxygen atoms in total. The minimum atomic E-state index is -0.594. The third-order valence-electron chi connectivity index (χ3n) is 11.3. The third-order valence-corrected chi connectivity index (χ3v) is 12.6. The number of nitrogens with one attached hydrogen (secondary N) is 2. The van der Waals surface area contributed by atoms with Gasteiger partial charge in [0.15, 0.2) is 0 Å². The lowest BCUT2D eigenvalue weighted by Gasteiger charge is -2.30. The van der Waals surface area contributed by atoms with Gasteiger partial charge >= 0.3 is 6.09 Å². The molecule has 4 aliphatic rings. The van der Waals surface area contributed by atoms with E-state index in [-0.39, 0.29) is 18.0 Å². The van der Waals surface area contributed by atoms with E-state index in [1.165, 1.54) is 24.1 Å². The number of amides is 1. The summed E-state index contributed by atoms with van der Waals surface area (Å²) in [5.74, 6) is 2.39. The maximum Gasteiger partial charge on any atom is 0.410 e. The van der Waals surface area contributed by atoms with Crippen LogP contribution in [0.2, 0.25) is 0 Å². The summed E-state index contributed by atoms with van der Waals surface area (Å²) in [6, 6.07) is 16.4. The van der Waals surface area contributed by atoms with Crippen LogP contribution < -0.4 is 4.74 Å². The molecule has 3 aliphatic heterocycles. The number of nitrogens with zero attached hydrogens (tertiary/aromatic N) is 5. The van der Waals surface area contributed by atoms with Crippen molar-refractivity contribution in [1.29, 1.82) is 0 Å². The normalized spacial score (nSPS) is 21.4. The maximum atomic E-state index is 16.6. The Balaban J connectivity index is 1.02. The van der Waals surface area contributed by atoms with Gasteiger partial charge in [-0.15, -0.1) is 11.3 Å². The Morgan fingerprint density at radius 3 is 2.35 bits per heavy atom. The van der Waals surface area contributed by atoms with E-state index in [9.17, 15) is 4.79 Å². The summed E-state index contributed by atoms with van der Waals surface area (Å²) in [4.78, 5) is 36.0. The number of hydrogen-bond acceptors (Lipinski definition) is 7. The third kappa shape index (κ3) is 5.81. The highest BCUT2D eigenvalue weighted by Gasteiger charge is 2.37. The van der Waals surface area contributed by atoms with E-state index in [4.69, 9.17) is 14.5 Å². The Morgan fingerprint density at radius 2 is 1.61 bits per heavy atom. The molecule has 0 spiro atoms. The molecule has 0 radical (unpaired) electrons. The number of benzene rings is 2. The number of hydrogen-bond donors (Lipinski definition) is 2. The first-order chi connectivity index (χ1) is 26.1. The van der Waals surface area contributed by atoms with Gasteiger partial charge in [-0.2, -0.15) is 0 Å². The zero-order valence-corrected chi connectivity index (χ0v) is 31.8. The number of imidazole rings is 2. The Kier molecular flexibility index (Phi) is 7.82. The molecule has 2 N–H and O–H groups in total. The SMILES string of the molecule is CN1CCCC1c1ncc(-c2ccc3c(c2)cc2n3C(c3ccc(C4CC4)s3)Oc3cc(-c4cnc(C5CCCN5C(=O)OC(C)(C)C)[nH]4)cc(F)c3-2)[nH]1. The lowest BCUT2D eigenvalue weighted by atomic mass is 10.0. The smallest absolute Gasteiger partial charge is 0.410 e. The molecule has 10 rings (SSSR count). The van der Waals surface area contributed by atoms with Gasteiger partial charge in [-0.3, -0.25) is 14.4 Å². The first kappa shape index (κ1) is 33.6. The van der Waals surface area contributed by atoms with Gasteiger partial charge in [0, 0.05) is 27.9 Å². The molecular weight excluding hydrogens is 702 g/mol. The van der Waals surface area contributed by atoms with Crippen molar-refractivity contribution in [3.8, 4) is 39.5 Å². The largest absolute Gasteiger partial charge is 0.464 e. The minimum absolute atomic E-state index is 0.241. The van der Waals surface area contributed by atoms with Gasteiger partial charge < -0.3 is 19.4 Å². The van der Waals surface area contributed by atoms with Crippen molar-refractivity contribution >= 4 is 28.3 Å². The van der Waals surface area contributed by atoms with Gasteiger partial charge in [-0.05, 0) is 121 Å². The van der Waals surface area contributed by atoms with Crippen LogP contribution in [0.3, 0.4) is 0 Å². The zero-order valence-electron chi connectivity index (χ0n) is 31.0. The second kappa shape index (κ2) is 12.6. The molecule has 0 bridgehead atoms. The van der Waals surface area contributed by atoms with Crippen molar-refractivity contribution in [2.75, 3.05) is 20.1 Å². The van der Waals surface area contributed by atoms with Gasteiger partial charge in [-0.1, -0.05) is 6.07 Å². The summed E-state index contributed by atoms with van der Waals surface area (Å²) in [5.41, 5.74) is 4.90.